The van der Waals surface area contributed by atoms with Gasteiger partial charge in [0, 0.05) is 24.6 Å². The first-order chi connectivity index (χ1) is 8.81. The molecule has 4 heteroatoms. The fourth-order valence-electron chi connectivity index (χ4n) is 1.62. The van der Waals surface area contributed by atoms with Gasteiger partial charge >= 0.3 is 0 Å². The molecule has 1 N–H and O–H groups in total. The summed E-state index contributed by atoms with van der Waals surface area (Å²) in [5, 5.41) is 11.6. The van der Waals surface area contributed by atoms with Gasteiger partial charge in [0.05, 0.1) is 19.8 Å². The molecule has 0 bridgehead atoms. The number of benzene rings is 1. The fourth-order valence-corrected chi connectivity index (χ4v) is 1.62. The van der Waals surface area contributed by atoms with Crippen molar-refractivity contribution in [3.05, 3.63) is 23.8 Å². The first kappa shape index (κ1) is 14.3. The summed E-state index contributed by atoms with van der Waals surface area (Å²) in [4.78, 5) is 0. The van der Waals surface area contributed by atoms with Gasteiger partial charge < -0.3 is 14.8 Å². The zero-order valence-corrected chi connectivity index (χ0v) is 11.0. The van der Waals surface area contributed by atoms with Gasteiger partial charge in [-0.25, -0.2) is 0 Å². The molecule has 0 saturated carbocycles. The Morgan fingerprint density at radius 1 is 1.33 bits per heavy atom. The molecular formula is C14H20N2O2. The third-order valence-corrected chi connectivity index (χ3v) is 2.58. The minimum Gasteiger partial charge on any atom is -0.497 e. The van der Waals surface area contributed by atoms with Crippen molar-refractivity contribution >= 4 is 0 Å². The highest BCUT2D eigenvalue weighted by atomic mass is 16.5. The van der Waals surface area contributed by atoms with Gasteiger partial charge in [-0.3, -0.25) is 0 Å². The van der Waals surface area contributed by atoms with Gasteiger partial charge in [-0.05, 0) is 26.0 Å². The smallest absolute Gasteiger partial charge is 0.127 e. The van der Waals surface area contributed by atoms with Gasteiger partial charge in [0.25, 0.3) is 0 Å². The van der Waals surface area contributed by atoms with E-state index >= 15 is 0 Å². The molecule has 0 aromatic heterocycles. The molecule has 1 rings (SSSR count). The normalized spacial score (nSPS) is 9.83. The Bertz CT molecular complexity index is 399. The molecular weight excluding hydrogens is 228 g/mol. The first-order valence-electron chi connectivity index (χ1n) is 6.13. The van der Waals surface area contributed by atoms with Crippen LogP contribution in [0.3, 0.4) is 0 Å². The maximum absolute atomic E-state index is 8.45. The Kier molecular flexibility index (Phi) is 6.67. The van der Waals surface area contributed by atoms with E-state index in [9.17, 15) is 0 Å². The van der Waals surface area contributed by atoms with Crippen LogP contribution in [0.4, 0.5) is 0 Å². The third kappa shape index (κ3) is 4.64. The highest BCUT2D eigenvalue weighted by Gasteiger charge is 2.05. The SMILES string of the molecule is CNCc1ccc(OC)cc1OCCCCC#N. The van der Waals surface area contributed by atoms with E-state index < -0.39 is 0 Å². The van der Waals surface area contributed by atoms with Gasteiger partial charge in [-0.2, -0.15) is 5.26 Å². The molecule has 0 heterocycles. The van der Waals surface area contributed by atoms with Gasteiger partial charge in [0.15, 0.2) is 0 Å². The maximum atomic E-state index is 8.45. The molecule has 1 aromatic rings. The van der Waals surface area contributed by atoms with Crippen LogP contribution in [0.25, 0.3) is 0 Å². The zero-order valence-electron chi connectivity index (χ0n) is 11.0. The molecule has 98 valence electrons. The van der Waals surface area contributed by atoms with Crippen molar-refractivity contribution in [1.29, 1.82) is 5.26 Å². The largest absolute Gasteiger partial charge is 0.497 e. The van der Waals surface area contributed by atoms with Crippen molar-refractivity contribution in [2.45, 2.75) is 25.8 Å². The van der Waals surface area contributed by atoms with Crippen molar-refractivity contribution in [2.75, 3.05) is 20.8 Å². The number of nitrogens with zero attached hydrogens (tertiary/aromatic N) is 1. The standard InChI is InChI=1S/C14H20N2O2/c1-16-11-12-6-7-13(17-2)10-14(12)18-9-5-3-4-8-15/h6-7,10,16H,3-5,9,11H2,1-2H3. The number of rotatable bonds is 8. The van der Waals surface area contributed by atoms with Crippen molar-refractivity contribution in [3.8, 4) is 17.6 Å². The van der Waals surface area contributed by atoms with Crippen LogP contribution in [0.15, 0.2) is 18.2 Å². The molecule has 0 saturated heterocycles. The molecule has 0 fully saturated rings. The van der Waals surface area contributed by atoms with Gasteiger partial charge in [-0.1, -0.05) is 6.07 Å². The number of ether oxygens (including phenoxy) is 2. The molecule has 0 aliphatic heterocycles. The number of unbranched alkanes of at least 4 members (excludes halogenated alkanes) is 2. The lowest BCUT2D eigenvalue weighted by atomic mass is 10.2. The van der Waals surface area contributed by atoms with Gasteiger partial charge in [0.1, 0.15) is 11.5 Å². The Labute approximate surface area is 109 Å². The van der Waals surface area contributed by atoms with Crippen LogP contribution in [0.1, 0.15) is 24.8 Å². The van der Waals surface area contributed by atoms with Crippen molar-refractivity contribution < 1.29 is 9.47 Å². The van der Waals surface area contributed by atoms with Crippen molar-refractivity contribution in [2.24, 2.45) is 0 Å². The Morgan fingerprint density at radius 2 is 2.17 bits per heavy atom. The lowest BCUT2D eigenvalue weighted by molar-refractivity contribution is 0.301. The van der Waals surface area contributed by atoms with Crippen LogP contribution in [0.5, 0.6) is 11.5 Å². The minimum absolute atomic E-state index is 0.588. The van der Waals surface area contributed by atoms with Crippen LogP contribution in [-0.2, 0) is 6.54 Å². The molecule has 0 aliphatic carbocycles. The second-order valence-electron chi connectivity index (χ2n) is 3.97. The number of methoxy groups -OCH3 is 1. The Morgan fingerprint density at radius 3 is 2.83 bits per heavy atom. The molecule has 1 aromatic carbocycles. The summed E-state index contributed by atoms with van der Waals surface area (Å²) in [5.74, 6) is 1.64. The maximum Gasteiger partial charge on any atom is 0.127 e. The minimum atomic E-state index is 0.588. The number of nitriles is 1. The summed E-state index contributed by atoms with van der Waals surface area (Å²) in [7, 11) is 3.55. The van der Waals surface area contributed by atoms with Gasteiger partial charge in [-0.15, -0.1) is 0 Å². The van der Waals surface area contributed by atoms with Crippen LogP contribution in [-0.4, -0.2) is 20.8 Å². The highest BCUT2D eigenvalue weighted by Crippen LogP contribution is 2.25. The van der Waals surface area contributed by atoms with Crippen molar-refractivity contribution in [1.82, 2.24) is 5.32 Å². The average molecular weight is 248 g/mol. The molecule has 18 heavy (non-hydrogen) atoms. The van der Waals surface area contributed by atoms with E-state index in [1.807, 2.05) is 25.2 Å². The van der Waals surface area contributed by atoms with Gasteiger partial charge in [0.2, 0.25) is 0 Å². The molecule has 0 amide bonds. The van der Waals surface area contributed by atoms with E-state index in [1.54, 1.807) is 7.11 Å². The Balaban J connectivity index is 2.57. The highest BCUT2D eigenvalue weighted by molar-refractivity contribution is 5.40. The zero-order chi connectivity index (χ0) is 13.2. The van der Waals surface area contributed by atoms with Crippen molar-refractivity contribution in [3.63, 3.8) is 0 Å². The summed E-state index contributed by atoms with van der Waals surface area (Å²) in [6, 6.07) is 7.96. The predicted octanol–water partition coefficient (Wildman–Crippen LogP) is 2.49. The van der Waals surface area contributed by atoms with E-state index in [4.69, 9.17) is 14.7 Å². The lowest BCUT2D eigenvalue weighted by Crippen LogP contribution is -2.08. The molecule has 0 unspecified atom stereocenters. The summed E-state index contributed by atoms with van der Waals surface area (Å²) in [6.07, 6.45) is 2.36. The number of hydrogen-bond acceptors (Lipinski definition) is 4. The predicted molar refractivity (Wildman–Crippen MR) is 70.7 cm³/mol. The van der Waals surface area contributed by atoms with Crippen LogP contribution < -0.4 is 14.8 Å². The fraction of sp³-hybridized carbons (Fsp3) is 0.500. The molecule has 0 spiro atoms. The number of hydrogen-bond donors (Lipinski definition) is 1. The van der Waals surface area contributed by atoms with E-state index in [0.717, 1.165) is 36.4 Å². The molecule has 4 nitrogen and oxygen atoms in total. The van der Waals surface area contributed by atoms with Crippen LogP contribution in [0.2, 0.25) is 0 Å². The quantitative estimate of drug-likeness (QED) is 0.718. The summed E-state index contributed by atoms with van der Waals surface area (Å²) >= 11 is 0. The summed E-state index contributed by atoms with van der Waals surface area (Å²) in [5.41, 5.74) is 1.11. The van der Waals surface area contributed by atoms with E-state index in [-0.39, 0.29) is 0 Å². The summed E-state index contributed by atoms with van der Waals surface area (Å²) < 4.78 is 10.9. The van der Waals surface area contributed by atoms with E-state index in [2.05, 4.69) is 11.4 Å². The molecule has 0 radical (unpaired) electrons. The average Bonchev–Trinajstić information content (AvgIpc) is 2.40. The third-order valence-electron chi connectivity index (χ3n) is 2.58. The monoisotopic (exact) mass is 248 g/mol. The van der Waals surface area contributed by atoms with Crippen LogP contribution in [0, 0.1) is 11.3 Å². The Hall–Kier alpha value is -1.73. The molecule has 0 atom stereocenters. The summed E-state index contributed by atoms with van der Waals surface area (Å²) in [6.45, 7) is 1.39. The first-order valence-corrected chi connectivity index (χ1v) is 6.13. The number of nitrogens with one attached hydrogen (secondary N) is 1. The van der Waals surface area contributed by atoms with Crippen LogP contribution >= 0.6 is 0 Å². The molecule has 0 aliphatic rings. The lowest BCUT2D eigenvalue weighted by Gasteiger charge is -2.12. The topological polar surface area (TPSA) is 54.3 Å². The second-order valence-corrected chi connectivity index (χ2v) is 3.97. The van der Waals surface area contributed by atoms with E-state index in [0.29, 0.717) is 13.0 Å². The van der Waals surface area contributed by atoms with E-state index in [1.165, 1.54) is 0 Å². The second kappa shape index (κ2) is 8.37.